The largest absolute Gasteiger partial charge is 0.273 e. The molecule has 0 radical (unpaired) electrons. The Kier molecular flexibility index (Phi) is 7.17. The molecule has 4 aromatic rings. The zero-order valence-electron chi connectivity index (χ0n) is 21.5. The molecule has 0 aliphatic carbocycles. The van der Waals surface area contributed by atoms with E-state index in [2.05, 4.69) is 0 Å². The molecule has 0 spiro atoms. The van der Waals surface area contributed by atoms with E-state index in [9.17, 15) is 26.4 Å². The van der Waals surface area contributed by atoms with Gasteiger partial charge >= 0.3 is 0 Å². The average Bonchev–Trinajstić information content (AvgIpc) is 2.98. The second-order valence-corrected chi connectivity index (χ2v) is 13.6. The summed E-state index contributed by atoms with van der Waals surface area (Å²) >= 11 is 0. The van der Waals surface area contributed by atoms with Gasteiger partial charge in [-0.25, -0.2) is 16.8 Å². The van der Waals surface area contributed by atoms with Gasteiger partial charge < -0.3 is 0 Å². The second-order valence-electron chi connectivity index (χ2n) is 9.63. The van der Waals surface area contributed by atoms with Crippen molar-refractivity contribution < 1.29 is 26.4 Å². The lowest BCUT2D eigenvalue weighted by atomic mass is 9.75. The monoisotopic (exact) mass is 574 g/mol. The molecule has 2 amide bonds. The van der Waals surface area contributed by atoms with Crippen LogP contribution in [0, 0.1) is 0 Å². The molecule has 0 bridgehead atoms. The van der Waals surface area contributed by atoms with E-state index >= 15 is 0 Å². The fourth-order valence-corrected chi connectivity index (χ4v) is 8.72. The molecular weight excluding hydrogens is 548 g/mol. The van der Waals surface area contributed by atoms with Gasteiger partial charge in [-0.1, -0.05) is 88.6 Å². The molecule has 1 aliphatic rings. The van der Waals surface area contributed by atoms with Crippen molar-refractivity contribution in [2.45, 2.75) is 28.7 Å². The molecule has 1 aliphatic heterocycles. The van der Waals surface area contributed by atoms with E-state index in [1.54, 1.807) is 60.7 Å². The van der Waals surface area contributed by atoms with Crippen molar-refractivity contribution in [2.24, 2.45) is 0 Å². The zero-order valence-corrected chi connectivity index (χ0v) is 23.2. The number of rotatable bonds is 8. The van der Waals surface area contributed by atoms with Gasteiger partial charge in [0.25, 0.3) is 26.0 Å². The molecule has 10 heteroatoms. The fraction of sp³-hybridized carbons (Fsp3) is 0.133. The number of carbonyl (C=O) groups is 2. The van der Waals surface area contributed by atoms with Crippen LogP contribution in [0.3, 0.4) is 0 Å². The molecule has 0 aromatic heterocycles. The van der Waals surface area contributed by atoms with Crippen LogP contribution in [0.2, 0.25) is 0 Å². The Bertz CT molecular complexity index is 1710. The summed E-state index contributed by atoms with van der Waals surface area (Å²) in [7, 11) is -9.34. The molecule has 4 aromatic carbocycles. The van der Waals surface area contributed by atoms with Crippen LogP contribution in [0.15, 0.2) is 125 Å². The summed E-state index contributed by atoms with van der Waals surface area (Å²) in [4.78, 5) is 28.2. The molecule has 8 nitrogen and oxygen atoms in total. The predicted molar refractivity (Wildman–Crippen MR) is 149 cm³/mol. The smallest absolute Gasteiger partial charge is 0.261 e. The Morgan fingerprint density at radius 3 is 1.62 bits per heavy atom. The van der Waals surface area contributed by atoms with E-state index in [0.29, 0.717) is 9.27 Å². The van der Waals surface area contributed by atoms with Crippen LogP contribution in [0.5, 0.6) is 0 Å². The predicted octanol–water partition coefficient (Wildman–Crippen LogP) is 4.21. The number of fused-ring (bicyclic) bond motifs is 1. The minimum Gasteiger partial charge on any atom is -0.273 e. The molecule has 0 N–H and O–H groups in total. The van der Waals surface area contributed by atoms with Gasteiger partial charge in [-0.15, -0.1) is 0 Å². The van der Waals surface area contributed by atoms with Gasteiger partial charge in [0.1, 0.15) is 0 Å². The normalized spacial score (nSPS) is 17.6. The molecule has 5 rings (SSSR count). The van der Waals surface area contributed by atoms with E-state index in [4.69, 9.17) is 0 Å². The summed E-state index contributed by atoms with van der Waals surface area (Å²) < 4.78 is 56.3. The third-order valence-corrected chi connectivity index (χ3v) is 11.2. The number of benzene rings is 4. The quantitative estimate of drug-likeness (QED) is 0.292. The second kappa shape index (κ2) is 10.5. The van der Waals surface area contributed by atoms with Gasteiger partial charge in [0.15, 0.2) is 0 Å². The van der Waals surface area contributed by atoms with Gasteiger partial charge in [0.05, 0.1) is 21.8 Å². The van der Waals surface area contributed by atoms with Crippen LogP contribution in [-0.2, 0) is 36.8 Å². The van der Waals surface area contributed by atoms with E-state index in [-0.39, 0.29) is 27.5 Å². The fourth-order valence-electron chi connectivity index (χ4n) is 4.84. The summed E-state index contributed by atoms with van der Waals surface area (Å²) in [6.45, 7) is 0.668. The highest BCUT2D eigenvalue weighted by Gasteiger charge is 2.52. The first-order valence-corrected chi connectivity index (χ1v) is 15.3. The number of imide groups is 1. The van der Waals surface area contributed by atoms with Crippen LogP contribution in [0.4, 0.5) is 0 Å². The van der Waals surface area contributed by atoms with Crippen molar-refractivity contribution in [3.8, 4) is 0 Å². The number of carbonyl (C=O) groups excluding carboxylic acids is 2. The minimum atomic E-state index is -4.67. The Labute approximate surface area is 233 Å². The third-order valence-electron chi connectivity index (χ3n) is 6.96. The first-order valence-electron chi connectivity index (χ1n) is 12.4. The van der Waals surface area contributed by atoms with E-state index in [0.717, 1.165) is 4.90 Å². The maximum absolute atomic E-state index is 14.2. The maximum atomic E-state index is 14.2. The minimum absolute atomic E-state index is 0.0562. The summed E-state index contributed by atoms with van der Waals surface area (Å²) in [5.41, 5.74) is -0.569. The van der Waals surface area contributed by atoms with Crippen molar-refractivity contribution >= 4 is 31.9 Å². The molecule has 204 valence electrons. The highest BCUT2D eigenvalue weighted by Crippen LogP contribution is 2.39. The number of hydrogen-bond donors (Lipinski definition) is 0. The molecular formula is C30H26N2O6S2. The van der Waals surface area contributed by atoms with E-state index < -0.39 is 43.8 Å². The molecule has 1 atom stereocenters. The number of amides is 2. The topological polar surface area (TPSA) is 109 Å². The van der Waals surface area contributed by atoms with Crippen molar-refractivity contribution in [2.75, 3.05) is 6.54 Å². The van der Waals surface area contributed by atoms with Crippen molar-refractivity contribution in [1.29, 1.82) is 0 Å². The van der Waals surface area contributed by atoms with Gasteiger partial charge in [0.2, 0.25) is 5.91 Å². The lowest BCUT2D eigenvalue weighted by Gasteiger charge is -2.41. The Morgan fingerprint density at radius 1 is 0.650 bits per heavy atom. The molecule has 0 fully saturated rings. The molecule has 40 heavy (non-hydrogen) atoms. The third kappa shape index (κ3) is 4.74. The molecule has 0 saturated carbocycles. The standard InChI is InChI=1S/C30H26N2O6S2/c1-30(27-20-12-11-19-26(27)28(33)31(29(30)34)21-23-13-5-2-6-14-23)22-32(39(35,36)24-15-7-3-8-16-24)40(37,38)25-17-9-4-10-18-25/h2-20H,21-22H2,1H3. The maximum Gasteiger partial charge on any atom is 0.261 e. The summed E-state index contributed by atoms with van der Waals surface area (Å²) in [6, 6.07) is 29.7. The highest BCUT2D eigenvalue weighted by atomic mass is 32.3. The van der Waals surface area contributed by atoms with Crippen LogP contribution in [-0.4, -0.2) is 43.8 Å². The van der Waals surface area contributed by atoms with Crippen LogP contribution in [0.1, 0.15) is 28.4 Å². The van der Waals surface area contributed by atoms with Crippen molar-refractivity contribution in [1.82, 2.24) is 8.61 Å². The van der Waals surface area contributed by atoms with E-state index in [1.807, 2.05) is 6.07 Å². The highest BCUT2D eigenvalue weighted by molar-refractivity contribution is 8.04. The van der Waals surface area contributed by atoms with Gasteiger partial charge in [-0.05, 0) is 48.4 Å². The number of nitrogens with zero attached hydrogens (tertiary/aromatic N) is 2. The van der Waals surface area contributed by atoms with Gasteiger partial charge in [0, 0.05) is 12.1 Å². The lowest BCUT2D eigenvalue weighted by molar-refractivity contribution is -0.135. The summed E-state index contributed by atoms with van der Waals surface area (Å²) in [6.07, 6.45) is 0. The van der Waals surface area contributed by atoms with Crippen molar-refractivity contribution in [3.63, 3.8) is 0 Å². The zero-order chi connectivity index (χ0) is 28.5. The first-order chi connectivity index (χ1) is 19.1. The SMILES string of the molecule is CC1(CN(S(=O)(=O)c2ccccc2)S(=O)(=O)c2ccccc2)C(=O)N(Cc2ccccc2)C(=O)c2ccccc21. The first kappa shape index (κ1) is 27.4. The summed E-state index contributed by atoms with van der Waals surface area (Å²) in [5, 5.41) is 0. The number of sulfonamides is 2. The van der Waals surface area contributed by atoms with Gasteiger partial charge in [-0.2, -0.15) is 0 Å². The average molecular weight is 575 g/mol. The number of hydrogen-bond acceptors (Lipinski definition) is 6. The Balaban J connectivity index is 1.69. The molecule has 1 unspecified atom stereocenters. The Morgan fingerprint density at radius 2 is 1.10 bits per heavy atom. The van der Waals surface area contributed by atoms with Crippen LogP contribution < -0.4 is 0 Å². The lowest BCUT2D eigenvalue weighted by Crippen LogP contribution is -2.58. The van der Waals surface area contributed by atoms with Crippen LogP contribution in [0.25, 0.3) is 0 Å². The van der Waals surface area contributed by atoms with Crippen molar-refractivity contribution in [3.05, 3.63) is 132 Å². The summed E-state index contributed by atoms with van der Waals surface area (Å²) in [5.74, 6) is -1.23. The molecule has 1 heterocycles. The van der Waals surface area contributed by atoms with E-state index in [1.165, 1.54) is 55.5 Å². The van der Waals surface area contributed by atoms with Gasteiger partial charge in [-0.3, -0.25) is 14.5 Å². The van der Waals surface area contributed by atoms with Crippen LogP contribution >= 0.6 is 0 Å². The molecule has 0 saturated heterocycles. The Hall–Kier alpha value is -4.12.